The highest BCUT2D eigenvalue weighted by molar-refractivity contribution is 6.32. The van der Waals surface area contributed by atoms with Gasteiger partial charge in [-0.05, 0) is 36.8 Å². The number of nitrogen functional groups attached to an aromatic ring is 1. The predicted octanol–water partition coefficient (Wildman–Crippen LogP) is 3.23. The summed E-state index contributed by atoms with van der Waals surface area (Å²) in [6.07, 6.45) is 0. The van der Waals surface area contributed by atoms with Gasteiger partial charge >= 0.3 is 0 Å². The molecule has 20 heavy (non-hydrogen) atoms. The molecular formula is C13H12Cl2N4O. The summed E-state index contributed by atoms with van der Waals surface area (Å²) < 4.78 is 0. The van der Waals surface area contributed by atoms with Crippen molar-refractivity contribution >= 4 is 40.6 Å². The number of nitrogens with zero attached hydrogens (tertiary/aromatic N) is 1. The van der Waals surface area contributed by atoms with E-state index in [9.17, 15) is 4.79 Å². The lowest BCUT2D eigenvalue weighted by atomic mass is 10.2. The zero-order valence-electron chi connectivity index (χ0n) is 10.6. The summed E-state index contributed by atoms with van der Waals surface area (Å²) in [6.45, 7) is 1.82. The molecule has 2 aromatic rings. The number of benzene rings is 1. The minimum absolute atomic E-state index is 0.174. The third-order valence-corrected chi connectivity index (χ3v) is 3.32. The Morgan fingerprint density at radius 1 is 1.30 bits per heavy atom. The van der Waals surface area contributed by atoms with Crippen LogP contribution in [0.2, 0.25) is 10.2 Å². The van der Waals surface area contributed by atoms with E-state index in [2.05, 4.69) is 15.7 Å². The summed E-state index contributed by atoms with van der Waals surface area (Å²) >= 11 is 11.8. The van der Waals surface area contributed by atoms with E-state index in [1.807, 2.05) is 6.92 Å². The van der Waals surface area contributed by atoms with E-state index in [0.717, 1.165) is 5.56 Å². The molecule has 0 bridgehead atoms. The van der Waals surface area contributed by atoms with Gasteiger partial charge in [-0.25, -0.2) is 10.8 Å². The van der Waals surface area contributed by atoms with E-state index in [1.54, 1.807) is 18.2 Å². The SMILES string of the molecule is Cc1c(Cl)cccc1NC(=O)c1cc(Cl)nc(NN)c1. The van der Waals surface area contributed by atoms with Crippen LogP contribution in [0.1, 0.15) is 15.9 Å². The first-order valence-corrected chi connectivity index (χ1v) is 6.47. The summed E-state index contributed by atoms with van der Waals surface area (Å²) in [7, 11) is 0. The fourth-order valence-electron chi connectivity index (χ4n) is 1.64. The minimum atomic E-state index is -0.323. The number of nitrogens with two attached hydrogens (primary N) is 1. The fourth-order valence-corrected chi connectivity index (χ4v) is 2.02. The van der Waals surface area contributed by atoms with Crippen molar-refractivity contribution in [2.75, 3.05) is 10.7 Å². The van der Waals surface area contributed by atoms with Crippen LogP contribution in [0.4, 0.5) is 11.5 Å². The number of hydrogen-bond acceptors (Lipinski definition) is 4. The lowest BCUT2D eigenvalue weighted by Gasteiger charge is -2.10. The highest BCUT2D eigenvalue weighted by atomic mass is 35.5. The zero-order valence-corrected chi connectivity index (χ0v) is 12.1. The Labute approximate surface area is 126 Å². The molecule has 0 saturated carbocycles. The number of carbonyl (C=O) groups is 1. The third-order valence-electron chi connectivity index (χ3n) is 2.72. The van der Waals surface area contributed by atoms with E-state index in [1.165, 1.54) is 12.1 Å². The Morgan fingerprint density at radius 3 is 2.75 bits per heavy atom. The largest absolute Gasteiger partial charge is 0.322 e. The van der Waals surface area contributed by atoms with Gasteiger partial charge in [-0.15, -0.1) is 0 Å². The topological polar surface area (TPSA) is 80.0 Å². The Hall–Kier alpha value is -1.82. The maximum atomic E-state index is 12.2. The van der Waals surface area contributed by atoms with Gasteiger partial charge in [0.2, 0.25) is 0 Å². The van der Waals surface area contributed by atoms with Crippen molar-refractivity contribution in [3.8, 4) is 0 Å². The van der Waals surface area contributed by atoms with Crippen molar-refractivity contribution in [2.24, 2.45) is 5.84 Å². The van der Waals surface area contributed by atoms with E-state index in [4.69, 9.17) is 29.0 Å². The molecule has 0 aliphatic heterocycles. The van der Waals surface area contributed by atoms with Gasteiger partial charge < -0.3 is 10.7 Å². The molecule has 1 aromatic carbocycles. The number of halogens is 2. The molecule has 5 nitrogen and oxygen atoms in total. The molecule has 0 unspecified atom stereocenters. The van der Waals surface area contributed by atoms with Crippen LogP contribution in [0.3, 0.4) is 0 Å². The first-order chi connectivity index (χ1) is 9.51. The first kappa shape index (κ1) is 14.6. The van der Waals surface area contributed by atoms with Crippen molar-refractivity contribution in [1.29, 1.82) is 0 Å². The third kappa shape index (κ3) is 3.19. The van der Waals surface area contributed by atoms with Crippen molar-refractivity contribution in [2.45, 2.75) is 6.92 Å². The van der Waals surface area contributed by atoms with Crippen LogP contribution in [0.25, 0.3) is 0 Å². The molecule has 1 amide bonds. The summed E-state index contributed by atoms with van der Waals surface area (Å²) in [5.74, 6) is 5.25. The molecule has 1 heterocycles. The van der Waals surface area contributed by atoms with E-state index >= 15 is 0 Å². The van der Waals surface area contributed by atoms with E-state index in [0.29, 0.717) is 22.1 Å². The number of hydrogen-bond donors (Lipinski definition) is 3. The Balaban J connectivity index is 2.28. The van der Waals surface area contributed by atoms with Crippen LogP contribution in [0.5, 0.6) is 0 Å². The molecule has 0 aliphatic rings. The maximum Gasteiger partial charge on any atom is 0.255 e. The molecule has 1 aromatic heterocycles. The Bertz CT molecular complexity index is 661. The van der Waals surface area contributed by atoms with Crippen LogP contribution >= 0.6 is 23.2 Å². The van der Waals surface area contributed by atoms with Crippen molar-refractivity contribution in [3.63, 3.8) is 0 Å². The number of hydrazine groups is 1. The van der Waals surface area contributed by atoms with Gasteiger partial charge in [0.15, 0.2) is 0 Å². The molecule has 0 fully saturated rings. The number of aromatic nitrogens is 1. The summed E-state index contributed by atoms with van der Waals surface area (Å²) in [5.41, 5.74) is 4.12. The number of anilines is 2. The molecule has 0 atom stereocenters. The lowest BCUT2D eigenvalue weighted by Crippen LogP contribution is -2.15. The smallest absolute Gasteiger partial charge is 0.255 e. The van der Waals surface area contributed by atoms with Crippen LogP contribution < -0.4 is 16.6 Å². The highest BCUT2D eigenvalue weighted by Crippen LogP contribution is 2.24. The van der Waals surface area contributed by atoms with Crippen molar-refractivity contribution in [1.82, 2.24) is 4.98 Å². The van der Waals surface area contributed by atoms with Gasteiger partial charge in [0.1, 0.15) is 11.0 Å². The second-order valence-corrected chi connectivity index (χ2v) is 4.87. The number of amides is 1. The minimum Gasteiger partial charge on any atom is -0.322 e. The molecular weight excluding hydrogens is 299 g/mol. The van der Waals surface area contributed by atoms with Gasteiger partial charge in [0, 0.05) is 16.3 Å². The standard InChI is InChI=1S/C13H12Cl2N4O/c1-7-9(14)3-2-4-10(7)17-13(20)8-5-11(15)18-12(6-8)19-16/h2-6H,16H2,1H3,(H,17,20)(H,18,19). The fraction of sp³-hybridized carbons (Fsp3) is 0.0769. The van der Waals surface area contributed by atoms with Crippen LogP contribution in [-0.4, -0.2) is 10.9 Å². The van der Waals surface area contributed by atoms with Crippen LogP contribution in [0, 0.1) is 6.92 Å². The quantitative estimate of drug-likeness (QED) is 0.462. The van der Waals surface area contributed by atoms with E-state index < -0.39 is 0 Å². The van der Waals surface area contributed by atoms with Gasteiger partial charge in [0.25, 0.3) is 5.91 Å². The normalized spacial score (nSPS) is 10.2. The summed E-state index contributed by atoms with van der Waals surface area (Å²) in [4.78, 5) is 16.1. The Morgan fingerprint density at radius 2 is 2.05 bits per heavy atom. The molecule has 7 heteroatoms. The number of nitrogens with one attached hydrogen (secondary N) is 2. The van der Waals surface area contributed by atoms with Gasteiger partial charge in [-0.3, -0.25) is 4.79 Å². The molecule has 0 aliphatic carbocycles. The molecule has 2 rings (SSSR count). The van der Waals surface area contributed by atoms with Gasteiger partial charge in [-0.2, -0.15) is 0 Å². The number of rotatable bonds is 3. The highest BCUT2D eigenvalue weighted by Gasteiger charge is 2.11. The molecule has 4 N–H and O–H groups in total. The first-order valence-electron chi connectivity index (χ1n) is 5.72. The summed E-state index contributed by atoms with van der Waals surface area (Å²) in [6, 6.07) is 8.24. The average molecular weight is 311 g/mol. The zero-order chi connectivity index (χ0) is 14.7. The molecule has 0 saturated heterocycles. The summed E-state index contributed by atoms with van der Waals surface area (Å²) in [5, 5.41) is 3.53. The average Bonchev–Trinajstić information content (AvgIpc) is 2.43. The molecule has 0 spiro atoms. The second kappa shape index (κ2) is 6.09. The van der Waals surface area contributed by atoms with Gasteiger partial charge in [-0.1, -0.05) is 29.3 Å². The lowest BCUT2D eigenvalue weighted by molar-refractivity contribution is 0.102. The van der Waals surface area contributed by atoms with Crippen molar-refractivity contribution in [3.05, 3.63) is 51.6 Å². The molecule has 104 valence electrons. The van der Waals surface area contributed by atoms with Crippen molar-refractivity contribution < 1.29 is 4.79 Å². The Kier molecular flexibility index (Phi) is 4.44. The number of carbonyl (C=O) groups excluding carboxylic acids is 1. The molecule has 0 radical (unpaired) electrons. The second-order valence-electron chi connectivity index (χ2n) is 4.07. The predicted molar refractivity (Wildman–Crippen MR) is 81.2 cm³/mol. The van der Waals surface area contributed by atoms with E-state index in [-0.39, 0.29) is 11.1 Å². The van der Waals surface area contributed by atoms with Crippen LogP contribution in [0.15, 0.2) is 30.3 Å². The van der Waals surface area contributed by atoms with Gasteiger partial charge in [0.05, 0.1) is 0 Å². The monoisotopic (exact) mass is 310 g/mol. The number of pyridine rings is 1. The van der Waals surface area contributed by atoms with Crippen LogP contribution in [-0.2, 0) is 0 Å². The maximum absolute atomic E-state index is 12.2.